The minimum atomic E-state index is -0.217. The summed E-state index contributed by atoms with van der Waals surface area (Å²) in [4.78, 5) is 40.0. The molecule has 1 aliphatic rings. The van der Waals surface area contributed by atoms with Crippen molar-refractivity contribution in [2.45, 2.75) is 64.3 Å². The molecule has 4 rings (SSSR count). The van der Waals surface area contributed by atoms with E-state index in [2.05, 4.69) is 27.2 Å². The number of benzene rings is 1. The highest BCUT2D eigenvalue weighted by atomic mass is 16.5. The Hall–Kier alpha value is -3.26. The Morgan fingerprint density at radius 2 is 1.97 bits per heavy atom. The number of amides is 1. The van der Waals surface area contributed by atoms with Gasteiger partial charge in [-0.1, -0.05) is 31.9 Å². The van der Waals surface area contributed by atoms with E-state index in [0.717, 1.165) is 85.5 Å². The fourth-order valence-corrected chi connectivity index (χ4v) is 4.96. The Bertz CT molecular complexity index is 1200. The number of H-pyrrole nitrogens is 1. The summed E-state index contributed by atoms with van der Waals surface area (Å²) in [6, 6.07) is 9.58. The van der Waals surface area contributed by atoms with Gasteiger partial charge in [0, 0.05) is 30.2 Å². The van der Waals surface area contributed by atoms with Gasteiger partial charge in [0.15, 0.2) is 0 Å². The topological polar surface area (TPSA) is 100 Å². The van der Waals surface area contributed by atoms with Gasteiger partial charge in [-0.05, 0) is 58.0 Å². The lowest BCUT2D eigenvalue weighted by Gasteiger charge is -2.29. The van der Waals surface area contributed by atoms with Crippen LogP contribution in [0.3, 0.4) is 0 Å². The second kappa shape index (κ2) is 12.8. The first-order valence-corrected chi connectivity index (χ1v) is 13.5. The number of hydrogen-bond donors (Lipinski definition) is 2. The zero-order valence-electron chi connectivity index (χ0n) is 22.3. The zero-order chi connectivity index (χ0) is 26.2. The van der Waals surface area contributed by atoms with Crippen molar-refractivity contribution in [3.63, 3.8) is 0 Å². The summed E-state index contributed by atoms with van der Waals surface area (Å²) in [5.41, 5.74) is 2.38. The number of piperidine rings is 1. The Labute approximate surface area is 219 Å². The maximum absolute atomic E-state index is 13.2. The van der Waals surface area contributed by atoms with Crippen LogP contribution >= 0.6 is 0 Å². The third kappa shape index (κ3) is 6.95. The summed E-state index contributed by atoms with van der Waals surface area (Å²) < 4.78 is 5.61. The van der Waals surface area contributed by atoms with Gasteiger partial charge >= 0.3 is 0 Å². The number of likely N-dealkylation sites (tertiary alicyclic amines) is 1. The van der Waals surface area contributed by atoms with Crippen molar-refractivity contribution in [3.05, 3.63) is 42.4 Å². The lowest BCUT2D eigenvalue weighted by atomic mass is 9.95. The summed E-state index contributed by atoms with van der Waals surface area (Å²) in [7, 11) is 3.76. The number of pyridine rings is 1. The average molecular weight is 506 g/mol. The van der Waals surface area contributed by atoms with Crippen LogP contribution in [-0.4, -0.2) is 58.8 Å². The predicted octanol–water partition coefficient (Wildman–Crippen LogP) is 5.06. The van der Waals surface area contributed by atoms with E-state index in [9.17, 15) is 9.59 Å². The SMILES string of the molecule is CCC(=O)CCCCC[C@H](NC(=O)C1CCN(C)CC1)c1ncc(-c2cc(OC)c3ccccc3n2)[nH]1. The van der Waals surface area contributed by atoms with Crippen molar-refractivity contribution in [2.24, 2.45) is 5.92 Å². The fourth-order valence-electron chi connectivity index (χ4n) is 4.96. The maximum Gasteiger partial charge on any atom is 0.223 e. The standard InChI is InChI=1S/C29H39N5O3/c1-4-21(35)10-6-5-7-13-24(33-29(36)20-14-16-34(2)17-15-20)28-30-19-26(32-28)25-18-27(37-3)22-11-8-9-12-23(22)31-25/h8-9,11-12,18-20,24H,4-7,10,13-17H2,1-3H3,(H,30,32)(H,33,36)/t24-/m0/s1. The number of aromatic amines is 1. The first-order chi connectivity index (χ1) is 18.0. The Morgan fingerprint density at radius 1 is 1.19 bits per heavy atom. The number of nitrogens with one attached hydrogen (secondary N) is 2. The predicted molar refractivity (Wildman–Crippen MR) is 145 cm³/mol. The number of carbonyl (C=O) groups excluding carboxylic acids is 2. The molecule has 0 aliphatic carbocycles. The first-order valence-electron chi connectivity index (χ1n) is 13.5. The number of aromatic nitrogens is 3. The van der Waals surface area contributed by atoms with Crippen LogP contribution in [0.5, 0.6) is 5.75 Å². The molecular weight excluding hydrogens is 466 g/mol. The molecule has 1 aromatic carbocycles. The maximum atomic E-state index is 13.2. The highest BCUT2D eigenvalue weighted by molar-refractivity contribution is 5.87. The van der Waals surface area contributed by atoms with Gasteiger partial charge < -0.3 is 19.9 Å². The number of ketones is 1. The summed E-state index contributed by atoms with van der Waals surface area (Å²) >= 11 is 0. The highest BCUT2D eigenvalue weighted by Gasteiger charge is 2.27. The molecule has 0 spiro atoms. The van der Waals surface area contributed by atoms with Gasteiger partial charge in [0.1, 0.15) is 17.4 Å². The summed E-state index contributed by atoms with van der Waals surface area (Å²) in [5.74, 6) is 1.92. The van der Waals surface area contributed by atoms with E-state index in [0.29, 0.717) is 18.6 Å². The third-order valence-corrected chi connectivity index (χ3v) is 7.35. The zero-order valence-corrected chi connectivity index (χ0v) is 22.3. The van der Waals surface area contributed by atoms with Gasteiger partial charge in [0.25, 0.3) is 0 Å². The van der Waals surface area contributed by atoms with Gasteiger partial charge in [-0.15, -0.1) is 0 Å². The van der Waals surface area contributed by atoms with Crippen molar-refractivity contribution >= 4 is 22.6 Å². The molecule has 2 N–H and O–H groups in total. The molecule has 3 heterocycles. The fraction of sp³-hybridized carbons (Fsp3) is 0.517. The number of carbonyl (C=O) groups is 2. The van der Waals surface area contributed by atoms with E-state index in [4.69, 9.17) is 9.72 Å². The molecule has 0 bridgehead atoms. The molecule has 0 radical (unpaired) electrons. The smallest absolute Gasteiger partial charge is 0.223 e. The van der Waals surface area contributed by atoms with Crippen LogP contribution in [-0.2, 0) is 9.59 Å². The Morgan fingerprint density at radius 3 is 2.73 bits per heavy atom. The summed E-state index contributed by atoms with van der Waals surface area (Å²) in [5, 5.41) is 4.24. The molecule has 1 fully saturated rings. The molecule has 37 heavy (non-hydrogen) atoms. The molecule has 1 atom stereocenters. The van der Waals surface area contributed by atoms with Crippen molar-refractivity contribution < 1.29 is 14.3 Å². The summed E-state index contributed by atoms with van der Waals surface area (Å²) in [6.07, 6.45) is 8.25. The van der Waals surface area contributed by atoms with Crippen molar-refractivity contribution in [1.29, 1.82) is 0 Å². The van der Waals surface area contributed by atoms with Crippen LogP contribution in [0.1, 0.15) is 70.2 Å². The van der Waals surface area contributed by atoms with E-state index in [1.54, 1.807) is 13.3 Å². The molecule has 198 valence electrons. The molecule has 3 aromatic rings. The molecular formula is C29H39N5O3. The lowest BCUT2D eigenvalue weighted by Crippen LogP contribution is -2.40. The van der Waals surface area contributed by atoms with Gasteiger partial charge in [-0.25, -0.2) is 9.97 Å². The number of para-hydroxylation sites is 1. The van der Waals surface area contributed by atoms with Crippen molar-refractivity contribution in [2.75, 3.05) is 27.2 Å². The van der Waals surface area contributed by atoms with E-state index in [1.165, 1.54) is 0 Å². The number of rotatable bonds is 12. The minimum absolute atomic E-state index is 0.0294. The number of unbranched alkanes of at least 4 members (excludes halogenated alkanes) is 2. The van der Waals surface area contributed by atoms with Crippen LogP contribution in [0, 0.1) is 5.92 Å². The van der Waals surface area contributed by atoms with Gasteiger partial charge in [-0.3, -0.25) is 9.59 Å². The quantitative estimate of drug-likeness (QED) is 0.334. The van der Waals surface area contributed by atoms with Crippen LogP contribution in [0.15, 0.2) is 36.5 Å². The van der Waals surface area contributed by atoms with Crippen LogP contribution < -0.4 is 10.1 Å². The molecule has 8 heteroatoms. The molecule has 1 aliphatic heterocycles. The molecule has 0 saturated carbocycles. The number of imidazole rings is 1. The van der Waals surface area contributed by atoms with Crippen LogP contribution in [0.25, 0.3) is 22.3 Å². The second-order valence-electron chi connectivity index (χ2n) is 10.0. The van der Waals surface area contributed by atoms with Crippen molar-refractivity contribution in [1.82, 2.24) is 25.2 Å². The number of hydrogen-bond acceptors (Lipinski definition) is 6. The summed E-state index contributed by atoms with van der Waals surface area (Å²) in [6.45, 7) is 3.79. The van der Waals surface area contributed by atoms with E-state index in [1.807, 2.05) is 37.3 Å². The Kier molecular flexibility index (Phi) is 9.28. The van der Waals surface area contributed by atoms with E-state index in [-0.39, 0.29) is 17.9 Å². The van der Waals surface area contributed by atoms with E-state index >= 15 is 0 Å². The molecule has 1 amide bonds. The largest absolute Gasteiger partial charge is 0.496 e. The molecule has 2 aromatic heterocycles. The van der Waals surface area contributed by atoms with Gasteiger partial charge in [-0.2, -0.15) is 0 Å². The van der Waals surface area contributed by atoms with E-state index < -0.39 is 0 Å². The Balaban J connectivity index is 1.50. The second-order valence-corrected chi connectivity index (χ2v) is 10.0. The monoisotopic (exact) mass is 505 g/mol. The number of Topliss-reactive ketones (excluding diaryl/α,β-unsaturated/α-hetero) is 1. The van der Waals surface area contributed by atoms with Crippen LogP contribution in [0.4, 0.5) is 0 Å². The van der Waals surface area contributed by atoms with Gasteiger partial charge in [0.2, 0.25) is 5.91 Å². The van der Waals surface area contributed by atoms with Gasteiger partial charge in [0.05, 0.1) is 36.3 Å². The van der Waals surface area contributed by atoms with Crippen molar-refractivity contribution in [3.8, 4) is 17.1 Å². The molecule has 1 saturated heterocycles. The molecule has 8 nitrogen and oxygen atoms in total. The highest BCUT2D eigenvalue weighted by Crippen LogP contribution is 2.30. The van der Waals surface area contributed by atoms with Crippen LogP contribution in [0.2, 0.25) is 0 Å². The third-order valence-electron chi connectivity index (χ3n) is 7.35. The number of ether oxygens (including phenoxy) is 1. The normalized spacial score (nSPS) is 15.5. The number of fused-ring (bicyclic) bond motifs is 1. The first kappa shape index (κ1) is 26.8. The minimum Gasteiger partial charge on any atom is -0.496 e. The number of methoxy groups -OCH3 is 1. The number of nitrogens with zero attached hydrogens (tertiary/aromatic N) is 3. The average Bonchev–Trinajstić information content (AvgIpc) is 3.42. The lowest BCUT2D eigenvalue weighted by molar-refractivity contribution is -0.127. The molecule has 0 unspecified atom stereocenters.